The summed E-state index contributed by atoms with van der Waals surface area (Å²) in [4.78, 5) is 22.7. The predicted molar refractivity (Wildman–Crippen MR) is 143 cm³/mol. The second-order valence-corrected chi connectivity index (χ2v) is 9.65. The lowest BCUT2D eigenvalue weighted by molar-refractivity contribution is -0.137. The topological polar surface area (TPSA) is 108 Å². The smallest absolute Gasteiger partial charge is 0.304 e. The number of primary amides is 1. The largest absolute Gasteiger partial charge is 0.486 e. The highest BCUT2D eigenvalue weighted by molar-refractivity contribution is 5.85. The minimum absolute atomic E-state index is 0.0656. The fourth-order valence-electron chi connectivity index (χ4n) is 4.93. The molecule has 2 aliphatic rings. The van der Waals surface area contributed by atoms with E-state index in [4.69, 9.17) is 19.9 Å². The molecule has 1 aliphatic heterocycles. The van der Waals surface area contributed by atoms with Crippen molar-refractivity contribution in [2.45, 2.75) is 57.8 Å². The lowest BCUT2D eigenvalue weighted by atomic mass is 9.85. The summed E-state index contributed by atoms with van der Waals surface area (Å²) in [7, 11) is 0. The second-order valence-electron chi connectivity index (χ2n) is 9.65. The summed E-state index contributed by atoms with van der Waals surface area (Å²) in [6.45, 7) is 2.70. The molecule has 0 spiro atoms. The maximum atomic E-state index is 11.7. The van der Waals surface area contributed by atoms with E-state index in [0.717, 1.165) is 27.5 Å². The van der Waals surface area contributed by atoms with Gasteiger partial charge in [-0.05, 0) is 58.7 Å². The molecule has 196 valence electrons. The maximum Gasteiger partial charge on any atom is 0.304 e. The van der Waals surface area contributed by atoms with Crippen LogP contribution in [0.15, 0.2) is 48.5 Å². The van der Waals surface area contributed by atoms with Crippen molar-refractivity contribution in [3.05, 3.63) is 65.2 Å². The van der Waals surface area contributed by atoms with Crippen LogP contribution in [-0.2, 0) is 9.59 Å². The van der Waals surface area contributed by atoms with Gasteiger partial charge < -0.3 is 25.1 Å². The third kappa shape index (κ3) is 7.15. The number of carbonyl (C=O) groups excluding carboxylic acids is 1. The fourth-order valence-corrected chi connectivity index (χ4v) is 4.93. The number of carboxylic acid groups (broad SMARTS) is 1. The van der Waals surface area contributed by atoms with E-state index >= 15 is 0 Å². The molecule has 0 radical (unpaired) electrons. The van der Waals surface area contributed by atoms with E-state index in [-0.39, 0.29) is 18.9 Å². The van der Waals surface area contributed by atoms with E-state index in [0.29, 0.717) is 30.5 Å². The van der Waals surface area contributed by atoms with E-state index in [1.54, 1.807) is 6.07 Å². The van der Waals surface area contributed by atoms with Gasteiger partial charge in [-0.1, -0.05) is 62.8 Å². The molecule has 1 fully saturated rings. The molecule has 1 amide bonds. The number of rotatable bonds is 7. The molecule has 0 bridgehead atoms. The van der Waals surface area contributed by atoms with Crippen LogP contribution in [-0.4, -0.2) is 36.8 Å². The third-order valence-electron chi connectivity index (χ3n) is 6.80. The molecule has 0 aromatic heterocycles. The molecule has 7 nitrogen and oxygen atoms in total. The first-order valence-corrected chi connectivity index (χ1v) is 13.0. The van der Waals surface area contributed by atoms with Crippen molar-refractivity contribution >= 4 is 22.6 Å². The van der Waals surface area contributed by atoms with Crippen molar-refractivity contribution in [2.24, 2.45) is 5.73 Å². The number of nitrogens with two attached hydrogens (primary N) is 1. The predicted octanol–water partition coefficient (Wildman–Crippen LogP) is 5.73. The number of aryl methyl sites for hydroxylation is 1. The highest BCUT2D eigenvalue weighted by atomic mass is 16.6. The zero-order valence-electron chi connectivity index (χ0n) is 21.3. The van der Waals surface area contributed by atoms with Crippen LogP contribution in [0.2, 0.25) is 0 Å². The van der Waals surface area contributed by atoms with Crippen LogP contribution in [0.5, 0.6) is 17.2 Å². The lowest BCUT2D eigenvalue weighted by Crippen LogP contribution is -2.19. The molecule has 37 heavy (non-hydrogen) atoms. The summed E-state index contributed by atoms with van der Waals surface area (Å²) in [5.74, 6) is 0.0190. The molecule has 5 rings (SSSR count). The fraction of sp³-hybridized carbons (Fsp3) is 0.400. The molecule has 1 aliphatic carbocycles. The normalized spacial score (nSPS) is 15.3. The van der Waals surface area contributed by atoms with Crippen molar-refractivity contribution < 1.29 is 28.9 Å². The number of hydrogen-bond donors (Lipinski definition) is 2. The van der Waals surface area contributed by atoms with Crippen LogP contribution in [0.4, 0.5) is 0 Å². The quantitative estimate of drug-likeness (QED) is 0.424. The van der Waals surface area contributed by atoms with Crippen LogP contribution in [0.1, 0.15) is 67.6 Å². The van der Waals surface area contributed by atoms with Crippen LogP contribution >= 0.6 is 0 Å². The first-order chi connectivity index (χ1) is 17.9. The average molecular weight is 506 g/mol. The number of carboxylic acids is 1. The summed E-state index contributed by atoms with van der Waals surface area (Å²) >= 11 is 0. The number of aliphatic carboxylic acids is 1. The van der Waals surface area contributed by atoms with Gasteiger partial charge in [0.15, 0.2) is 18.1 Å². The van der Waals surface area contributed by atoms with Gasteiger partial charge in [0.1, 0.15) is 19.0 Å². The Bertz CT molecular complexity index is 1240. The molecule has 1 unspecified atom stereocenters. The van der Waals surface area contributed by atoms with Crippen LogP contribution in [0.25, 0.3) is 10.8 Å². The van der Waals surface area contributed by atoms with Crippen molar-refractivity contribution in [1.29, 1.82) is 0 Å². The van der Waals surface area contributed by atoms with Gasteiger partial charge >= 0.3 is 5.97 Å². The Morgan fingerprint density at radius 1 is 0.892 bits per heavy atom. The third-order valence-corrected chi connectivity index (χ3v) is 6.80. The number of benzene rings is 3. The summed E-state index contributed by atoms with van der Waals surface area (Å²) in [5.41, 5.74) is 7.83. The van der Waals surface area contributed by atoms with E-state index in [9.17, 15) is 14.7 Å². The summed E-state index contributed by atoms with van der Waals surface area (Å²) in [5, 5.41) is 11.5. The van der Waals surface area contributed by atoms with Gasteiger partial charge in [-0.15, -0.1) is 0 Å². The molecule has 7 heteroatoms. The highest BCUT2D eigenvalue weighted by Gasteiger charge is 2.23. The average Bonchev–Trinajstić information content (AvgIpc) is 2.91. The van der Waals surface area contributed by atoms with Crippen molar-refractivity contribution in [3.8, 4) is 17.2 Å². The summed E-state index contributed by atoms with van der Waals surface area (Å²) in [6.07, 6.45) is 8.93. The maximum absolute atomic E-state index is 11.7. The van der Waals surface area contributed by atoms with Crippen LogP contribution < -0.4 is 19.9 Å². The molecular formula is C30H35NO6. The van der Waals surface area contributed by atoms with E-state index in [2.05, 4.69) is 0 Å². The first-order valence-electron chi connectivity index (χ1n) is 13.0. The van der Waals surface area contributed by atoms with Crippen molar-refractivity contribution in [3.63, 3.8) is 0 Å². The summed E-state index contributed by atoms with van der Waals surface area (Å²) in [6, 6.07) is 15.1. The zero-order valence-corrected chi connectivity index (χ0v) is 21.3. The molecule has 3 aromatic rings. The van der Waals surface area contributed by atoms with Gasteiger partial charge in [0, 0.05) is 5.92 Å². The van der Waals surface area contributed by atoms with Gasteiger partial charge in [-0.25, -0.2) is 0 Å². The number of amides is 1. The van der Waals surface area contributed by atoms with Gasteiger partial charge in [0.25, 0.3) is 5.91 Å². The molecule has 3 N–H and O–H groups in total. The van der Waals surface area contributed by atoms with E-state index in [1.807, 2.05) is 49.4 Å². The number of carbonyl (C=O) groups is 2. The van der Waals surface area contributed by atoms with Gasteiger partial charge in [0.2, 0.25) is 0 Å². The molecular weight excluding hydrogens is 470 g/mol. The first kappa shape index (κ1) is 26.3. The van der Waals surface area contributed by atoms with Crippen LogP contribution in [0.3, 0.4) is 0 Å². The minimum Gasteiger partial charge on any atom is -0.486 e. The molecule has 0 saturated heterocycles. The number of hydrogen-bond acceptors (Lipinski definition) is 5. The number of ether oxygens (including phenoxy) is 3. The molecule has 1 atom stereocenters. The Morgan fingerprint density at radius 3 is 2.14 bits per heavy atom. The van der Waals surface area contributed by atoms with Crippen molar-refractivity contribution in [2.75, 3.05) is 19.8 Å². The minimum atomic E-state index is -0.891. The van der Waals surface area contributed by atoms with E-state index in [1.165, 1.54) is 38.5 Å². The molecule has 1 saturated carbocycles. The molecule has 3 aromatic carbocycles. The Labute approximate surface area is 217 Å². The van der Waals surface area contributed by atoms with Crippen molar-refractivity contribution in [1.82, 2.24) is 0 Å². The van der Waals surface area contributed by atoms with Gasteiger partial charge in [-0.2, -0.15) is 0 Å². The standard InChI is InChI=1S/C24H23NO6.C6H12/c1-14-8-21-22(30-7-6-29-21)11-19(14)20(12-24(27)28)16-3-2-15-4-5-18(10-17(15)9-16)31-13-23(25)26;1-2-4-6-5-3-1/h2-5,8-11,20H,6-7,12-13H2,1H3,(H2,25,26)(H,27,28);1-6H2. The Balaban J connectivity index is 0.000000469. The SMILES string of the molecule is C1CCCCC1.Cc1cc2c(cc1C(CC(=O)O)c1ccc3ccc(OCC(N)=O)cc3c1)OCCO2. The lowest BCUT2D eigenvalue weighted by Gasteiger charge is -2.24. The second kappa shape index (κ2) is 12.5. The zero-order chi connectivity index (χ0) is 26.2. The Hall–Kier alpha value is -3.74. The molecule has 1 heterocycles. The number of fused-ring (bicyclic) bond motifs is 2. The summed E-state index contributed by atoms with van der Waals surface area (Å²) < 4.78 is 16.8. The highest BCUT2D eigenvalue weighted by Crippen LogP contribution is 2.39. The Kier molecular flexibility index (Phi) is 8.88. The monoisotopic (exact) mass is 505 g/mol. The van der Waals surface area contributed by atoms with Gasteiger partial charge in [-0.3, -0.25) is 9.59 Å². The Morgan fingerprint density at radius 2 is 1.51 bits per heavy atom. The van der Waals surface area contributed by atoms with E-state index < -0.39 is 11.9 Å². The van der Waals surface area contributed by atoms with Crippen LogP contribution in [0, 0.1) is 6.92 Å². The van der Waals surface area contributed by atoms with Gasteiger partial charge in [0.05, 0.1) is 6.42 Å².